The Balaban J connectivity index is 1.84. The van der Waals surface area contributed by atoms with Gasteiger partial charge in [-0.15, -0.1) is 0 Å². The fourth-order valence-electron chi connectivity index (χ4n) is 2.33. The summed E-state index contributed by atoms with van der Waals surface area (Å²) in [5.41, 5.74) is 0.407. The molecule has 5 nitrogen and oxygen atoms in total. The topological polar surface area (TPSA) is 80.5 Å². The molecule has 2 N–H and O–H groups in total. The summed E-state index contributed by atoms with van der Waals surface area (Å²) in [4.78, 5) is 14.5. The van der Waals surface area contributed by atoms with Crippen LogP contribution >= 0.6 is 0 Å². The second-order valence-electron chi connectivity index (χ2n) is 5.70. The van der Waals surface area contributed by atoms with Crippen molar-refractivity contribution in [1.82, 2.24) is 4.90 Å². The van der Waals surface area contributed by atoms with Crippen LogP contribution in [0.2, 0.25) is 0 Å². The fraction of sp³-hybridized carbons (Fsp3) is 0.500. The first-order valence-electron chi connectivity index (χ1n) is 6.89. The second kappa shape index (κ2) is 4.86. The number of rotatable bonds is 5. The van der Waals surface area contributed by atoms with Crippen LogP contribution in [0, 0.1) is 5.92 Å². The summed E-state index contributed by atoms with van der Waals surface area (Å²) in [5, 5.41) is 5.11. The third kappa shape index (κ3) is 3.02. The molecule has 0 radical (unpaired) electrons. The highest BCUT2D eigenvalue weighted by molar-refractivity contribution is 7.89. The van der Waals surface area contributed by atoms with E-state index in [0.29, 0.717) is 17.5 Å². The smallest absolute Gasteiger partial charge is 0.254 e. The Morgan fingerprint density at radius 1 is 1.25 bits per heavy atom. The average Bonchev–Trinajstić information content (AvgIpc) is 3.26. The molecule has 1 amide bonds. The molecule has 20 heavy (non-hydrogen) atoms. The summed E-state index contributed by atoms with van der Waals surface area (Å²) in [7, 11) is -3.77. The van der Waals surface area contributed by atoms with Gasteiger partial charge in [0, 0.05) is 18.2 Å². The molecule has 3 rings (SSSR count). The summed E-state index contributed by atoms with van der Waals surface area (Å²) < 4.78 is 22.7. The zero-order valence-corrected chi connectivity index (χ0v) is 12.0. The minimum atomic E-state index is -3.77. The van der Waals surface area contributed by atoms with E-state index in [0.717, 1.165) is 19.4 Å². The summed E-state index contributed by atoms with van der Waals surface area (Å²) in [5.74, 6) is 0.547. The number of carbonyl (C=O) groups is 1. The van der Waals surface area contributed by atoms with Crippen LogP contribution in [0.3, 0.4) is 0 Å². The SMILES string of the molecule is NS(=O)(=O)c1cccc(C(=O)N(CC2CC2)C2CC2)c1. The third-order valence-corrected chi connectivity index (χ3v) is 4.72. The number of hydrogen-bond acceptors (Lipinski definition) is 3. The lowest BCUT2D eigenvalue weighted by atomic mass is 10.2. The number of benzene rings is 1. The molecule has 0 spiro atoms. The lowest BCUT2D eigenvalue weighted by Crippen LogP contribution is -2.35. The average molecular weight is 294 g/mol. The summed E-state index contributed by atoms with van der Waals surface area (Å²) >= 11 is 0. The minimum absolute atomic E-state index is 0.00878. The van der Waals surface area contributed by atoms with Gasteiger partial charge < -0.3 is 4.90 Å². The van der Waals surface area contributed by atoms with E-state index in [1.807, 2.05) is 4.90 Å². The van der Waals surface area contributed by atoms with E-state index in [-0.39, 0.29) is 10.8 Å². The van der Waals surface area contributed by atoms with Crippen LogP contribution in [-0.4, -0.2) is 31.8 Å². The Kier molecular flexibility index (Phi) is 3.30. The third-order valence-electron chi connectivity index (χ3n) is 3.81. The molecule has 2 saturated carbocycles. The van der Waals surface area contributed by atoms with Crippen molar-refractivity contribution in [3.63, 3.8) is 0 Å². The van der Waals surface area contributed by atoms with E-state index in [9.17, 15) is 13.2 Å². The molecule has 2 aliphatic rings. The van der Waals surface area contributed by atoms with E-state index in [2.05, 4.69) is 0 Å². The number of sulfonamides is 1. The number of amides is 1. The Morgan fingerprint density at radius 3 is 2.50 bits per heavy atom. The molecule has 0 aliphatic heterocycles. The van der Waals surface area contributed by atoms with Crippen molar-refractivity contribution in [2.24, 2.45) is 11.1 Å². The molecule has 0 aromatic heterocycles. The number of primary sulfonamides is 1. The maximum Gasteiger partial charge on any atom is 0.254 e. The van der Waals surface area contributed by atoms with Gasteiger partial charge in [0.2, 0.25) is 10.0 Å². The number of hydrogen-bond donors (Lipinski definition) is 1. The number of nitrogens with zero attached hydrogens (tertiary/aromatic N) is 1. The molecule has 108 valence electrons. The van der Waals surface area contributed by atoms with Crippen LogP contribution < -0.4 is 5.14 Å². The minimum Gasteiger partial charge on any atom is -0.335 e. The van der Waals surface area contributed by atoms with Crippen molar-refractivity contribution >= 4 is 15.9 Å². The first-order chi connectivity index (χ1) is 9.45. The van der Waals surface area contributed by atoms with Crippen molar-refractivity contribution < 1.29 is 13.2 Å². The van der Waals surface area contributed by atoms with Gasteiger partial charge in [-0.3, -0.25) is 4.79 Å². The van der Waals surface area contributed by atoms with Crippen LogP contribution in [-0.2, 0) is 10.0 Å². The molecular weight excluding hydrogens is 276 g/mol. The highest BCUT2D eigenvalue weighted by Crippen LogP contribution is 2.35. The molecule has 6 heteroatoms. The highest BCUT2D eigenvalue weighted by atomic mass is 32.2. The standard InChI is InChI=1S/C14H18N2O3S/c15-20(18,19)13-3-1-2-11(8-13)14(17)16(12-6-7-12)9-10-4-5-10/h1-3,8,10,12H,4-7,9H2,(H2,15,18,19). The van der Waals surface area contributed by atoms with Crippen LogP contribution in [0.25, 0.3) is 0 Å². The lowest BCUT2D eigenvalue weighted by Gasteiger charge is -2.22. The molecule has 0 atom stereocenters. The zero-order valence-electron chi connectivity index (χ0n) is 11.2. The van der Waals surface area contributed by atoms with Gasteiger partial charge in [-0.1, -0.05) is 6.07 Å². The van der Waals surface area contributed by atoms with E-state index in [1.54, 1.807) is 12.1 Å². The Labute approximate surface area is 118 Å². The zero-order chi connectivity index (χ0) is 14.3. The molecule has 2 aliphatic carbocycles. The Bertz CT molecular complexity index is 634. The first-order valence-corrected chi connectivity index (χ1v) is 8.43. The van der Waals surface area contributed by atoms with E-state index in [1.165, 1.54) is 25.0 Å². The molecule has 0 saturated heterocycles. The Hall–Kier alpha value is -1.40. The molecular formula is C14H18N2O3S. The van der Waals surface area contributed by atoms with E-state index in [4.69, 9.17) is 5.14 Å². The molecule has 0 heterocycles. The monoisotopic (exact) mass is 294 g/mol. The predicted octanol–water partition coefficient (Wildman–Crippen LogP) is 1.35. The van der Waals surface area contributed by atoms with Gasteiger partial charge in [0.25, 0.3) is 5.91 Å². The molecule has 0 unspecified atom stereocenters. The quantitative estimate of drug-likeness (QED) is 0.890. The molecule has 1 aromatic carbocycles. The second-order valence-corrected chi connectivity index (χ2v) is 7.27. The number of nitrogens with two attached hydrogens (primary N) is 1. The molecule has 0 bridgehead atoms. The normalized spacial score (nSPS) is 18.9. The maximum atomic E-state index is 12.6. The first kappa shape index (κ1) is 13.6. The van der Waals surface area contributed by atoms with Gasteiger partial charge >= 0.3 is 0 Å². The van der Waals surface area contributed by atoms with Gasteiger partial charge in [0.1, 0.15) is 0 Å². The largest absolute Gasteiger partial charge is 0.335 e. The molecule has 2 fully saturated rings. The fourth-order valence-corrected chi connectivity index (χ4v) is 2.89. The molecule has 1 aromatic rings. The van der Waals surface area contributed by atoms with Gasteiger partial charge in [-0.25, -0.2) is 13.6 Å². The van der Waals surface area contributed by atoms with Gasteiger partial charge in [-0.05, 0) is 49.8 Å². The van der Waals surface area contributed by atoms with Crippen molar-refractivity contribution in [3.8, 4) is 0 Å². The van der Waals surface area contributed by atoms with Gasteiger partial charge in [-0.2, -0.15) is 0 Å². The van der Waals surface area contributed by atoms with Gasteiger partial charge in [0.05, 0.1) is 4.90 Å². The van der Waals surface area contributed by atoms with Crippen molar-refractivity contribution in [1.29, 1.82) is 0 Å². The van der Waals surface area contributed by atoms with Crippen LogP contribution in [0.1, 0.15) is 36.0 Å². The highest BCUT2D eigenvalue weighted by Gasteiger charge is 2.36. The maximum absolute atomic E-state index is 12.6. The van der Waals surface area contributed by atoms with Crippen LogP contribution in [0.15, 0.2) is 29.2 Å². The van der Waals surface area contributed by atoms with E-state index >= 15 is 0 Å². The van der Waals surface area contributed by atoms with Gasteiger partial charge in [0.15, 0.2) is 0 Å². The predicted molar refractivity (Wildman–Crippen MR) is 74.6 cm³/mol. The summed E-state index contributed by atoms with van der Waals surface area (Å²) in [6, 6.07) is 6.34. The number of carbonyl (C=O) groups excluding carboxylic acids is 1. The summed E-state index contributed by atoms with van der Waals surface area (Å²) in [6.45, 7) is 0.795. The van der Waals surface area contributed by atoms with Crippen molar-refractivity contribution in [3.05, 3.63) is 29.8 Å². The summed E-state index contributed by atoms with van der Waals surface area (Å²) in [6.07, 6.45) is 4.47. The van der Waals surface area contributed by atoms with E-state index < -0.39 is 10.0 Å². The van der Waals surface area contributed by atoms with Crippen LogP contribution in [0.5, 0.6) is 0 Å². The van der Waals surface area contributed by atoms with Crippen molar-refractivity contribution in [2.75, 3.05) is 6.54 Å². The Morgan fingerprint density at radius 2 is 1.95 bits per heavy atom. The van der Waals surface area contributed by atoms with Crippen LogP contribution in [0.4, 0.5) is 0 Å². The van der Waals surface area contributed by atoms with Crippen molar-refractivity contribution in [2.45, 2.75) is 36.6 Å². The lowest BCUT2D eigenvalue weighted by molar-refractivity contribution is 0.0734.